The molecule has 0 radical (unpaired) electrons. The monoisotopic (exact) mass is 187 g/mol. The van der Waals surface area contributed by atoms with Crippen molar-refractivity contribution in [1.82, 2.24) is 5.32 Å². The molecule has 3 nitrogen and oxygen atoms in total. The lowest BCUT2D eigenvalue weighted by Gasteiger charge is -2.25. The highest BCUT2D eigenvalue weighted by atomic mass is 16.3. The third-order valence-electron chi connectivity index (χ3n) is 1.84. The van der Waals surface area contributed by atoms with Crippen LogP contribution in [-0.4, -0.2) is 23.2 Å². The van der Waals surface area contributed by atoms with Gasteiger partial charge in [-0.05, 0) is 26.7 Å². The van der Waals surface area contributed by atoms with E-state index in [4.69, 9.17) is 5.11 Å². The molecule has 0 saturated carbocycles. The fourth-order valence-corrected chi connectivity index (χ4v) is 1.06. The number of aliphatic hydroxyl groups is 1. The topological polar surface area (TPSA) is 49.3 Å². The number of aliphatic hydroxyl groups excluding tert-OH is 1. The van der Waals surface area contributed by atoms with Gasteiger partial charge in [0.1, 0.15) is 0 Å². The number of carbonyl (C=O) groups excluding carboxylic acids is 1. The molecule has 1 amide bonds. The molecular formula is C10H21NO2. The van der Waals surface area contributed by atoms with Crippen molar-refractivity contribution < 1.29 is 9.90 Å². The minimum absolute atomic E-state index is 0.0648. The van der Waals surface area contributed by atoms with Crippen molar-refractivity contribution in [2.45, 2.75) is 40.2 Å². The maximum atomic E-state index is 11.6. The largest absolute Gasteiger partial charge is 0.396 e. The Bertz CT molecular complexity index is 170. The number of carbonyl (C=O) groups is 1. The van der Waals surface area contributed by atoms with E-state index in [2.05, 4.69) is 5.32 Å². The summed E-state index contributed by atoms with van der Waals surface area (Å²) in [4.78, 5) is 11.6. The van der Waals surface area contributed by atoms with Crippen LogP contribution in [-0.2, 0) is 4.79 Å². The van der Waals surface area contributed by atoms with Gasteiger partial charge in [-0.1, -0.05) is 13.8 Å². The fraction of sp³-hybridized carbons (Fsp3) is 0.900. The summed E-state index contributed by atoms with van der Waals surface area (Å²) < 4.78 is 0. The third kappa shape index (κ3) is 4.88. The lowest BCUT2D eigenvalue weighted by molar-refractivity contribution is -0.129. The summed E-state index contributed by atoms with van der Waals surface area (Å²) in [6.45, 7) is 9.57. The van der Waals surface area contributed by atoms with Gasteiger partial charge in [0.15, 0.2) is 0 Å². The Morgan fingerprint density at radius 3 is 2.08 bits per heavy atom. The standard InChI is InChI=1S/C10H21NO2/c1-7(2)8(6-12)9(13)11-10(3,4)5/h7-8,12H,6H2,1-5H3,(H,11,13)/t8-/m1/s1. The molecule has 1 atom stereocenters. The first-order valence-electron chi connectivity index (χ1n) is 4.71. The normalized spacial score (nSPS) is 14.4. The first-order chi connectivity index (χ1) is 5.78. The zero-order valence-corrected chi connectivity index (χ0v) is 9.22. The third-order valence-corrected chi connectivity index (χ3v) is 1.84. The van der Waals surface area contributed by atoms with E-state index in [-0.39, 0.29) is 29.9 Å². The van der Waals surface area contributed by atoms with Gasteiger partial charge >= 0.3 is 0 Å². The highest BCUT2D eigenvalue weighted by Crippen LogP contribution is 2.11. The second kappa shape index (κ2) is 4.61. The van der Waals surface area contributed by atoms with E-state index in [9.17, 15) is 4.79 Å². The Kier molecular flexibility index (Phi) is 4.40. The predicted octanol–water partition coefficient (Wildman–Crippen LogP) is 1.17. The molecule has 0 aromatic carbocycles. The minimum Gasteiger partial charge on any atom is -0.396 e. The van der Waals surface area contributed by atoms with Crippen molar-refractivity contribution in [2.24, 2.45) is 11.8 Å². The van der Waals surface area contributed by atoms with Gasteiger partial charge in [0.25, 0.3) is 0 Å². The molecular weight excluding hydrogens is 166 g/mol. The Morgan fingerprint density at radius 1 is 1.38 bits per heavy atom. The minimum atomic E-state index is -0.292. The second-order valence-electron chi connectivity index (χ2n) is 4.77. The van der Waals surface area contributed by atoms with Crippen LogP contribution in [0.25, 0.3) is 0 Å². The van der Waals surface area contributed by atoms with Crippen LogP contribution in [0.1, 0.15) is 34.6 Å². The van der Waals surface area contributed by atoms with E-state index >= 15 is 0 Å². The van der Waals surface area contributed by atoms with Crippen LogP contribution >= 0.6 is 0 Å². The number of hydrogen-bond acceptors (Lipinski definition) is 2. The highest BCUT2D eigenvalue weighted by Gasteiger charge is 2.24. The van der Waals surface area contributed by atoms with Crippen LogP contribution < -0.4 is 5.32 Å². The summed E-state index contributed by atoms with van der Waals surface area (Å²) in [7, 11) is 0. The van der Waals surface area contributed by atoms with Crippen molar-refractivity contribution in [3.8, 4) is 0 Å². The fourth-order valence-electron chi connectivity index (χ4n) is 1.06. The van der Waals surface area contributed by atoms with Gasteiger partial charge in [0, 0.05) is 5.54 Å². The van der Waals surface area contributed by atoms with Crippen molar-refractivity contribution >= 4 is 5.91 Å². The van der Waals surface area contributed by atoms with E-state index in [1.165, 1.54) is 0 Å². The molecule has 0 aromatic rings. The summed E-state index contributed by atoms with van der Waals surface area (Å²) in [5, 5.41) is 11.9. The van der Waals surface area contributed by atoms with Gasteiger partial charge < -0.3 is 10.4 Å². The molecule has 0 heterocycles. The van der Waals surface area contributed by atoms with Crippen LogP contribution in [0.3, 0.4) is 0 Å². The van der Waals surface area contributed by atoms with Gasteiger partial charge in [-0.15, -0.1) is 0 Å². The molecule has 13 heavy (non-hydrogen) atoms. The molecule has 0 fully saturated rings. The molecule has 0 spiro atoms. The molecule has 3 heteroatoms. The summed E-state index contributed by atoms with van der Waals surface area (Å²) >= 11 is 0. The molecule has 0 aliphatic carbocycles. The van der Waals surface area contributed by atoms with Crippen LogP contribution in [0.2, 0.25) is 0 Å². The lowest BCUT2D eigenvalue weighted by atomic mass is 9.94. The maximum absolute atomic E-state index is 11.6. The molecule has 0 saturated heterocycles. The second-order valence-corrected chi connectivity index (χ2v) is 4.77. The van der Waals surface area contributed by atoms with Crippen LogP contribution in [0.15, 0.2) is 0 Å². The van der Waals surface area contributed by atoms with Crippen LogP contribution in [0, 0.1) is 11.8 Å². The Labute approximate surface area is 80.5 Å². The maximum Gasteiger partial charge on any atom is 0.226 e. The van der Waals surface area contributed by atoms with E-state index < -0.39 is 0 Å². The van der Waals surface area contributed by atoms with E-state index in [1.807, 2.05) is 34.6 Å². The van der Waals surface area contributed by atoms with Gasteiger partial charge in [0.05, 0.1) is 12.5 Å². The predicted molar refractivity (Wildman–Crippen MR) is 53.3 cm³/mol. The first-order valence-corrected chi connectivity index (χ1v) is 4.71. The number of rotatable bonds is 3. The smallest absolute Gasteiger partial charge is 0.226 e. The van der Waals surface area contributed by atoms with Crippen molar-refractivity contribution in [1.29, 1.82) is 0 Å². The Balaban J connectivity index is 4.23. The van der Waals surface area contributed by atoms with Crippen molar-refractivity contribution in [3.63, 3.8) is 0 Å². The zero-order valence-electron chi connectivity index (χ0n) is 9.22. The molecule has 0 rings (SSSR count). The van der Waals surface area contributed by atoms with Crippen molar-refractivity contribution in [2.75, 3.05) is 6.61 Å². The summed E-state index contributed by atoms with van der Waals surface area (Å²) in [6.07, 6.45) is 0. The highest BCUT2D eigenvalue weighted by molar-refractivity contribution is 5.79. The van der Waals surface area contributed by atoms with Crippen molar-refractivity contribution in [3.05, 3.63) is 0 Å². The van der Waals surface area contributed by atoms with E-state index in [1.54, 1.807) is 0 Å². The SMILES string of the molecule is CC(C)[C@@H](CO)C(=O)NC(C)(C)C. The van der Waals surface area contributed by atoms with Gasteiger partial charge in [-0.25, -0.2) is 0 Å². The quantitative estimate of drug-likeness (QED) is 0.696. The summed E-state index contributed by atoms with van der Waals surface area (Å²) in [5.74, 6) is -0.184. The molecule has 78 valence electrons. The van der Waals surface area contributed by atoms with Gasteiger partial charge in [-0.2, -0.15) is 0 Å². The summed E-state index contributed by atoms with van der Waals surface area (Å²) in [6, 6.07) is 0. The lowest BCUT2D eigenvalue weighted by Crippen LogP contribution is -2.46. The Morgan fingerprint density at radius 2 is 1.85 bits per heavy atom. The molecule has 0 bridgehead atoms. The van der Waals surface area contributed by atoms with Gasteiger partial charge in [0.2, 0.25) is 5.91 Å². The number of hydrogen-bond donors (Lipinski definition) is 2. The first kappa shape index (κ1) is 12.4. The molecule has 2 N–H and O–H groups in total. The Hall–Kier alpha value is -0.570. The zero-order chi connectivity index (χ0) is 10.6. The molecule has 0 aliphatic heterocycles. The average Bonchev–Trinajstić information content (AvgIpc) is 1.82. The van der Waals surface area contributed by atoms with Crippen LogP contribution in [0.4, 0.5) is 0 Å². The molecule has 0 aliphatic rings. The van der Waals surface area contributed by atoms with Crippen LogP contribution in [0.5, 0.6) is 0 Å². The van der Waals surface area contributed by atoms with E-state index in [0.29, 0.717) is 0 Å². The van der Waals surface area contributed by atoms with E-state index in [0.717, 1.165) is 0 Å². The number of amides is 1. The number of nitrogens with one attached hydrogen (secondary N) is 1. The molecule has 0 unspecified atom stereocenters. The molecule has 0 aromatic heterocycles. The average molecular weight is 187 g/mol. The van der Waals surface area contributed by atoms with Gasteiger partial charge in [-0.3, -0.25) is 4.79 Å². The summed E-state index contributed by atoms with van der Waals surface area (Å²) in [5.41, 5.74) is -0.223.